The monoisotopic (exact) mass is 477 g/mol. The highest BCUT2D eigenvalue weighted by atomic mass is 19.1. The number of aryl methyl sites for hydroxylation is 2. The molecule has 2 rings (SSSR count). The molecule has 1 atom stereocenters. The number of aromatic nitrogens is 2. The van der Waals surface area contributed by atoms with Gasteiger partial charge in [0, 0.05) is 37.7 Å². The molecule has 1 aromatic carbocycles. The van der Waals surface area contributed by atoms with E-state index in [1.54, 1.807) is 7.05 Å². The number of unbranched alkanes of at least 4 members (excludes halogenated alkanes) is 1. The van der Waals surface area contributed by atoms with Gasteiger partial charge in [0.05, 0.1) is 29.1 Å². The van der Waals surface area contributed by atoms with Crippen molar-refractivity contribution in [1.29, 1.82) is 5.26 Å². The van der Waals surface area contributed by atoms with Crippen molar-refractivity contribution in [2.24, 2.45) is 0 Å². The minimum absolute atomic E-state index is 0.263. The van der Waals surface area contributed by atoms with Gasteiger partial charge in [0.25, 0.3) is 5.91 Å². The van der Waals surface area contributed by atoms with Gasteiger partial charge in [0.2, 0.25) is 0 Å². The Morgan fingerprint density at radius 3 is 2.63 bits per heavy atom. The fourth-order valence-electron chi connectivity index (χ4n) is 3.86. The molecule has 0 aliphatic heterocycles. The predicted octanol–water partition coefficient (Wildman–Crippen LogP) is 5.48. The van der Waals surface area contributed by atoms with E-state index in [9.17, 15) is 14.4 Å². The van der Waals surface area contributed by atoms with Crippen LogP contribution < -0.4 is 10.6 Å². The molecule has 1 heterocycles. The minimum atomic E-state index is -0.361. The van der Waals surface area contributed by atoms with Crippen LogP contribution in [0.2, 0.25) is 0 Å². The van der Waals surface area contributed by atoms with E-state index in [-0.39, 0.29) is 23.2 Å². The van der Waals surface area contributed by atoms with Crippen molar-refractivity contribution >= 4 is 5.91 Å². The molecular formula is C28H36FN5O. The number of rotatable bonds is 12. The first-order chi connectivity index (χ1) is 16.7. The molecule has 0 saturated heterocycles. The number of imidazole rings is 1. The molecule has 35 heavy (non-hydrogen) atoms. The van der Waals surface area contributed by atoms with Crippen LogP contribution in [0.15, 0.2) is 60.1 Å². The van der Waals surface area contributed by atoms with Crippen molar-refractivity contribution in [1.82, 2.24) is 20.2 Å². The van der Waals surface area contributed by atoms with Crippen LogP contribution in [0.25, 0.3) is 11.3 Å². The lowest BCUT2D eigenvalue weighted by atomic mass is 9.99. The lowest BCUT2D eigenvalue weighted by Crippen LogP contribution is -2.25. The zero-order chi connectivity index (χ0) is 26.0. The molecule has 1 amide bonds. The van der Waals surface area contributed by atoms with Gasteiger partial charge >= 0.3 is 0 Å². The summed E-state index contributed by atoms with van der Waals surface area (Å²) in [6.07, 6.45) is 5.36. The SMILES string of the molecule is C=C(/C=C\C(NC)=C(/C)F)C(=O)NCCCCn1c(CC)nc(C(C)C#N)c1-c1ccccc1C. The third kappa shape index (κ3) is 7.16. The molecule has 0 spiro atoms. The quantitative estimate of drug-likeness (QED) is 0.241. The first-order valence-corrected chi connectivity index (χ1v) is 12.0. The number of amides is 1. The van der Waals surface area contributed by atoms with Crippen LogP contribution in [0, 0.1) is 18.3 Å². The van der Waals surface area contributed by atoms with Crippen molar-refractivity contribution < 1.29 is 9.18 Å². The van der Waals surface area contributed by atoms with Crippen LogP contribution in [0.4, 0.5) is 4.39 Å². The van der Waals surface area contributed by atoms with Crippen molar-refractivity contribution in [3.05, 3.63) is 77.2 Å². The van der Waals surface area contributed by atoms with Gasteiger partial charge in [-0.2, -0.15) is 5.26 Å². The lowest BCUT2D eigenvalue weighted by molar-refractivity contribution is -0.117. The van der Waals surface area contributed by atoms with E-state index in [1.807, 2.05) is 19.1 Å². The van der Waals surface area contributed by atoms with Gasteiger partial charge < -0.3 is 15.2 Å². The molecule has 6 nitrogen and oxygen atoms in total. The zero-order valence-corrected chi connectivity index (χ0v) is 21.4. The summed E-state index contributed by atoms with van der Waals surface area (Å²) in [7, 11) is 1.62. The van der Waals surface area contributed by atoms with Gasteiger partial charge in [-0.05, 0) is 51.3 Å². The van der Waals surface area contributed by atoms with Gasteiger partial charge in [-0.25, -0.2) is 9.37 Å². The van der Waals surface area contributed by atoms with E-state index in [1.165, 1.54) is 19.1 Å². The Morgan fingerprint density at radius 1 is 1.31 bits per heavy atom. The van der Waals surface area contributed by atoms with Crippen LogP contribution in [0.3, 0.4) is 0 Å². The fourth-order valence-corrected chi connectivity index (χ4v) is 3.86. The predicted molar refractivity (Wildman–Crippen MR) is 139 cm³/mol. The summed E-state index contributed by atoms with van der Waals surface area (Å²) in [6.45, 7) is 12.4. The fraction of sp³-hybridized carbons (Fsp3) is 0.393. The molecule has 2 N–H and O–H groups in total. The Kier molecular flexibility index (Phi) is 10.5. The molecule has 1 aromatic heterocycles. The highest BCUT2D eigenvalue weighted by Crippen LogP contribution is 2.32. The van der Waals surface area contributed by atoms with E-state index in [0.717, 1.165) is 54.1 Å². The number of allylic oxidation sites excluding steroid dienone is 2. The molecule has 186 valence electrons. The average Bonchev–Trinajstić information content (AvgIpc) is 3.21. The maximum Gasteiger partial charge on any atom is 0.250 e. The molecule has 0 saturated carbocycles. The summed E-state index contributed by atoms with van der Waals surface area (Å²) in [4.78, 5) is 17.1. The third-order valence-electron chi connectivity index (χ3n) is 5.87. The molecular weight excluding hydrogens is 441 g/mol. The van der Waals surface area contributed by atoms with Gasteiger partial charge in [-0.3, -0.25) is 4.79 Å². The van der Waals surface area contributed by atoms with Gasteiger partial charge in [-0.1, -0.05) is 37.8 Å². The van der Waals surface area contributed by atoms with E-state index in [0.29, 0.717) is 12.2 Å². The van der Waals surface area contributed by atoms with Gasteiger partial charge in [0.1, 0.15) is 11.7 Å². The summed E-state index contributed by atoms with van der Waals surface area (Å²) in [5, 5.41) is 15.2. The highest BCUT2D eigenvalue weighted by Gasteiger charge is 2.22. The molecule has 2 aromatic rings. The lowest BCUT2D eigenvalue weighted by Gasteiger charge is -2.15. The largest absolute Gasteiger partial charge is 0.386 e. The van der Waals surface area contributed by atoms with Crippen LogP contribution in [0.1, 0.15) is 56.6 Å². The van der Waals surface area contributed by atoms with Crippen molar-refractivity contribution in [3.8, 4) is 17.3 Å². The standard InChI is InChI=1S/C28H36FN5O/c1-7-25-33-26(21(4)18-30)27(23-13-9-8-12-19(23)2)34(25)17-11-10-16-32-28(35)20(3)14-15-24(31-6)22(5)29/h8-9,12-15,21,31H,3,7,10-11,16-17H2,1-2,4-6H3,(H,32,35)/b15-14-,24-22-. The van der Waals surface area contributed by atoms with Gasteiger partial charge in [-0.15, -0.1) is 0 Å². The van der Waals surface area contributed by atoms with Crippen molar-refractivity contribution in [2.75, 3.05) is 13.6 Å². The summed E-state index contributed by atoms with van der Waals surface area (Å²) in [6, 6.07) is 10.5. The molecule has 0 aliphatic rings. The number of carbonyl (C=O) groups excluding carboxylic acids is 1. The van der Waals surface area contributed by atoms with Crippen molar-refractivity contribution in [3.63, 3.8) is 0 Å². The maximum absolute atomic E-state index is 13.3. The molecule has 0 fully saturated rings. The van der Waals surface area contributed by atoms with E-state index in [4.69, 9.17) is 4.98 Å². The Bertz CT molecular complexity index is 1150. The number of hydrogen-bond donors (Lipinski definition) is 2. The second-order valence-electron chi connectivity index (χ2n) is 8.45. The number of hydrogen-bond acceptors (Lipinski definition) is 4. The maximum atomic E-state index is 13.3. The number of nitriles is 1. The molecule has 0 aliphatic carbocycles. The van der Waals surface area contributed by atoms with E-state index < -0.39 is 0 Å². The van der Waals surface area contributed by atoms with E-state index >= 15 is 0 Å². The van der Waals surface area contributed by atoms with Crippen LogP contribution in [0.5, 0.6) is 0 Å². The number of benzene rings is 1. The van der Waals surface area contributed by atoms with Gasteiger partial charge in [0.15, 0.2) is 0 Å². The molecule has 0 radical (unpaired) electrons. The topological polar surface area (TPSA) is 82.7 Å². The van der Waals surface area contributed by atoms with E-state index in [2.05, 4.69) is 53.8 Å². The Hall–Kier alpha value is -3.66. The second-order valence-corrected chi connectivity index (χ2v) is 8.45. The second kappa shape index (κ2) is 13.3. The first-order valence-electron chi connectivity index (χ1n) is 12.0. The summed E-state index contributed by atoms with van der Waals surface area (Å²) < 4.78 is 15.6. The van der Waals surface area contributed by atoms with Crippen molar-refractivity contribution in [2.45, 2.75) is 59.4 Å². The molecule has 1 unspecified atom stereocenters. The number of nitrogens with zero attached hydrogens (tertiary/aromatic N) is 3. The number of nitrogens with one attached hydrogen (secondary N) is 2. The summed E-state index contributed by atoms with van der Waals surface area (Å²) >= 11 is 0. The Labute approximate surface area is 208 Å². The first kappa shape index (κ1) is 27.6. The minimum Gasteiger partial charge on any atom is -0.386 e. The van der Waals surface area contributed by atoms with Crippen LogP contribution in [-0.2, 0) is 17.8 Å². The van der Waals surface area contributed by atoms with Crippen LogP contribution in [-0.4, -0.2) is 29.1 Å². The third-order valence-corrected chi connectivity index (χ3v) is 5.87. The summed E-state index contributed by atoms with van der Waals surface area (Å²) in [5.74, 6) is 0.00420. The molecule has 7 heteroatoms. The summed E-state index contributed by atoms with van der Waals surface area (Å²) in [5.41, 5.74) is 4.62. The molecule has 0 bridgehead atoms. The number of carbonyl (C=O) groups is 1. The van der Waals surface area contributed by atoms with Crippen LogP contribution >= 0.6 is 0 Å². The Balaban J connectivity index is 2.08. The Morgan fingerprint density at radius 2 is 2.03 bits per heavy atom. The smallest absolute Gasteiger partial charge is 0.250 e. The highest BCUT2D eigenvalue weighted by molar-refractivity contribution is 5.95. The zero-order valence-electron chi connectivity index (χ0n) is 21.4. The normalized spacial score (nSPS) is 12.7. The average molecular weight is 478 g/mol. The number of halogens is 1. The number of likely N-dealkylation sites (N-methyl/N-ethyl adjacent to an activating group) is 1.